The Balaban J connectivity index is 0.000000711. The van der Waals surface area contributed by atoms with Crippen LogP contribution in [0.5, 0.6) is 0 Å². The van der Waals surface area contributed by atoms with Crippen molar-refractivity contribution < 1.29 is 29.6 Å². The lowest BCUT2D eigenvalue weighted by Crippen LogP contribution is -2.23. The van der Waals surface area contributed by atoms with Gasteiger partial charge < -0.3 is 29.6 Å². The first-order chi connectivity index (χ1) is 8.95. The highest BCUT2D eigenvalue weighted by atomic mass is 31.2. The van der Waals surface area contributed by atoms with E-state index in [4.69, 9.17) is 24.5 Å². The van der Waals surface area contributed by atoms with Crippen molar-refractivity contribution in [1.82, 2.24) is 0 Å². The number of benzene rings is 1. The highest BCUT2D eigenvalue weighted by molar-refractivity contribution is 7.38. The van der Waals surface area contributed by atoms with Crippen molar-refractivity contribution in [3.63, 3.8) is 0 Å². The normalized spacial score (nSPS) is 13.6. The molecule has 2 atom stereocenters. The van der Waals surface area contributed by atoms with Crippen LogP contribution in [0.4, 0.5) is 0 Å². The first kappa shape index (κ1) is 18.4. The van der Waals surface area contributed by atoms with Crippen molar-refractivity contribution in [3.05, 3.63) is 35.9 Å². The van der Waals surface area contributed by atoms with E-state index in [2.05, 4.69) is 0 Å². The second kappa shape index (κ2) is 11.3. The monoisotopic (exact) mass is 292 g/mol. The van der Waals surface area contributed by atoms with Crippen molar-refractivity contribution in [2.75, 3.05) is 13.2 Å². The summed E-state index contributed by atoms with van der Waals surface area (Å²) in [6, 6.07) is 9.77. The third-order valence-electron chi connectivity index (χ3n) is 2.14. The van der Waals surface area contributed by atoms with Gasteiger partial charge in [-0.3, -0.25) is 0 Å². The zero-order valence-electron chi connectivity index (χ0n) is 10.8. The van der Waals surface area contributed by atoms with Gasteiger partial charge in [0, 0.05) is 6.42 Å². The van der Waals surface area contributed by atoms with Crippen LogP contribution in [0.1, 0.15) is 12.5 Å². The number of hydrogen-bond acceptors (Lipinski definition) is 6. The maximum absolute atomic E-state index is 9.64. The van der Waals surface area contributed by atoms with E-state index in [0.29, 0.717) is 6.42 Å². The van der Waals surface area contributed by atoms with Crippen LogP contribution < -0.4 is 0 Å². The van der Waals surface area contributed by atoms with E-state index in [-0.39, 0.29) is 19.3 Å². The Morgan fingerprint density at radius 2 is 1.68 bits per heavy atom. The maximum atomic E-state index is 9.64. The minimum Gasteiger partial charge on any atom is -0.394 e. The molecule has 0 amide bonds. The fraction of sp³-hybridized carbons (Fsp3) is 0.500. The first-order valence-electron chi connectivity index (χ1n) is 5.77. The molecule has 1 aromatic carbocycles. The molecule has 0 spiro atoms. The van der Waals surface area contributed by atoms with Gasteiger partial charge in [-0.2, -0.15) is 0 Å². The zero-order valence-corrected chi connectivity index (χ0v) is 11.6. The summed E-state index contributed by atoms with van der Waals surface area (Å²) in [6.45, 7) is 2.02. The summed E-state index contributed by atoms with van der Waals surface area (Å²) < 4.78 is 5.23. The Bertz CT molecular complexity index is 306. The van der Waals surface area contributed by atoms with Gasteiger partial charge in [-0.15, -0.1) is 0 Å². The summed E-state index contributed by atoms with van der Waals surface area (Å²) in [4.78, 5) is 21.7. The predicted octanol–water partition coefficient (Wildman–Crippen LogP) is 0.178. The topological polar surface area (TPSA) is 110 Å². The summed E-state index contributed by atoms with van der Waals surface area (Å²) in [7, 11) is -2.62. The summed E-state index contributed by atoms with van der Waals surface area (Å²) >= 11 is 0. The lowest BCUT2D eigenvalue weighted by atomic mass is 10.1. The molecular formula is C12H21O6P. The fourth-order valence-corrected chi connectivity index (χ4v) is 1.27. The molecule has 0 aliphatic heterocycles. The van der Waals surface area contributed by atoms with Gasteiger partial charge in [0.15, 0.2) is 0 Å². The van der Waals surface area contributed by atoms with Crippen molar-refractivity contribution >= 4 is 8.60 Å². The van der Waals surface area contributed by atoms with Crippen molar-refractivity contribution in [2.24, 2.45) is 0 Å². The number of ether oxygens (including phenoxy) is 1. The predicted molar refractivity (Wildman–Crippen MR) is 72.2 cm³/mol. The van der Waals surface area contributed by atoms with Crippen LogP contribution in [-0.2, 0) is 11.2 Å². The third-order valence-corrected chi connectivity index (χ3v) is 2.14. The van der Waals surface area contributed by atoms with E-state index in [1.54, 1.807) is 6.92 Å². The van der Waals surface area contributed by atoms with Crippen molar-refractivity contribution in [3.8, 4) is 0 Å². The molecule has 2 unspecified atom stereocenters. The zero-order chi connectivity index (χ0) is 14.7. The Labute approximate surface area is 113 Å². The van der Waals surface area contributed by atoms with Crippen LogP contribution >= 0.6 is 8.60 Å². The molecule has 19 heavy (non-hydrogen) atoms. The molecule has 0 aliphatic carbocycles. The average Bonchev–Trinajstić information content (AvgIpc) is 2.36. The number of hydrogen-bond donors (Lipinski definition) is 5. The van der Waals surface area contributed by atoms with E-state index in [1.165, 1.54) is 0 Å². The van der Waals surface area contributed by atoms with E-state index in [1.807, 2.05) is 30.3 Å². The fourth-order valence-electron chi connectivity index (χ4n) is 1.27. The summed E-state index contributed by atoms with van der Waals surface area (Å²) in [6.07, 6.45) is -0.143. The highest BCUT2D eigenvalue weighted by Crippen LogP contribution is 2.11. The second-order valence-electron chi connectivity index (χ2n) is 3.94. The van der Waals surface area contributed by atoms with E-state index in [9.17, 15) is 5.11 Å². The Hall–Kier alpha value is -0.590. The summed E-state index contributed by atoms with van der Waals surface area (Å²) in [5.74, 6) is 0. The Kier molecular flexibility index (Phi) is 10.9. The maximum Gasteiger partial charge on any atom is 0.324 e. The van der Waals surface area contributed by atoms with Gasteiger partial charge >= 0.3 is 8.60 Å². The van der Waals surface area contributed by atoms with Crippen LogP contribution in [0.3, 0.4) is 0 Å². The quantitative estimate of drug-likeness (QED) is 0.478. The van der Waals surface area contributed by atoms with Crippen LogP contribution in [0.25, 0.3) is 0 Å². The molecule has 110 valence electrons. The molecule has 0 saturated heterocycles. The lowest BCUT2D eigenvalue weighted by Gasteiger charge is -2.14. The van der Waals surface area contributed by atoms with Gasteiger partial charge in [0.2, 0.25) is 0 Å². The van der Waals surface area contributed by atoms with Gasteiger partial charge in [0.05, 0.1) is 25.4 Å². The van der Waals surface area contributed by atoms with Crippen LogP contribution in [0.15, 0.2) is 30.3 Å². The van der Waals surface area contributed by atoms with Crippen molar-refractivity contribution in [2.45, 2.75) is 25.6 Å². The van der Waals surface area contributed by atoms with E-state index in [0.717, 1.165) is 5.56 Å². The van der Waals surface area contributed by atoms with Gasteiger partial charge in [0.25, 0.3) is 0 Å². The highest BCUT2D eigenvalue weighted by Gasteiger charge is 2.07. The van der Waals surface area contributed by atoms with Crippen LogP contribution in [0, 0.1) is 0 Å². The molecule has 1 rings (SSSR count). The molecular weight excluding hydrogens is 271 g/mol. The second-order valence-corrected chi connectivity index (χ2v) is 4.48. The SMILES string of the molecule is CC(CO)OCC(O)Cc1ccccc1.OP(O)O. The molecule has 6 nitrogen and oxygen atoms in total. The molecule has 0 fully saturated rings. The number of rotatable bonds is 6. The molecule has 5 N–H and O–H groups in total. The number of aliphatic hydroxyl groups is 2. The molecule has 0 heterocycles. The largest absolute Gasteiger partial charge is 0.394 e. The average molecular weight is 292 g/mol. The third kappa shape index (κ3) is 12.2. The summed E-state index contributed by atoms with van der Waals surface area (Å²) in [5.41, 5.74) is 1.09. The molecule has 0 saturated carbocycles. The van der Waals surface area contributed by atoms with Crippen molar-refractivity contribution in [1.29, 1.82) is 0 Å². The lowest BCUT2D eigenvalue weighted by molar-refractivity contribution is -0.0228. The van der Waals surface area contributed by atoms with Crippen LogP contribution in [0.2, 0.25) is 0 Å². The molecule has 0 bridgehead atoms. The minimum absolute atomic E-state index is 0.0158. The van der Waals surface area contributed by atoms with E-state index < -0.39 is 14.7 Å². The standard InChI is InChI=1S/C12H18O3.H3O3P/c1-10(8-13)15-9-12(14)7-11-5-3-2-4-6-11;1-4(2)3/h2-6,10,12-14H,7-9H2,1H3;1-3H. The van der Waals surface area contributed by atoms with Gasteiger partial charge in [-0.1, -0.05) is 30.3 Å². The molecule has 1 aromatic rings. The molecule has 0 radical (unpaired) electrons. The smallest absolute Gasteiger partial charge is 0.324 e. The molecule has 0 aromatic heterocycles. The van der Waals surface area contributed by atoms with Gasteiger partial charge in [0.1, 0.15) is 0 Å². The van der Waals surface area contributed by atoms with Gasteiger partial charge in [-0.25, -0.2) is 0 Å². The van der Waals surface area contributed by atoms with Gasteiger partial charge in [-0.05, 0) is 12.5 Å². The Morgan fingerprint density at radius 1 is 1.16 bits per heavy atom. The Morgan fingerprint density at radius 3 is 2.16 bits per heavy atom. The van der Waals surface area contributed by atoms with Crippen LogP contribution in [-0.4, -0.2) is 50.3 Å². The van der Waals surface area contributed by atoms with E-state index >= 15 is 0 Å². The number of aliphatic hydroxyl groups excluding tert-OH is 2. The molecule has 0 aliphatic rings. The molecule has 7 heteroatoms. The minimum atomic E-state index is -2.62. The first-order valence-corrected chi connectivity index (χ1v) is 6.97. The summed E-state index contributed by atoms with van der Waals surface area (Å²) in [5, 5.41) is 18.4.